The monoisotopic (exact) mass is 329 g/mol. The van der Waals surface area contributed by atoms with E-state index in [1.165, 1.54) is 7.11 Å². The van der Waals surface area contributed by atoms with E-state index in [1.807, 2.05) is 6.07 Å². The summed E-state index contributed by atoms with van der Waals surface area (Å²) < 4.78 is 5.52. The van der Waals surface area contributed by atoms with Crippen LogP contribution in [0.2, 0.25) is 0 Å². The molecule has 0 heterocycles. The number of hydrogen-bond donors (Lipinski definition) is 2. The van der Waals surface area contributed by atoms with Crippen LogP contribution in [0.4, 0.5) is 0 Å². The summed E-state index contributed by atoms with van der Waals surface area (Å²) in [5.74, 6) is 0.00809. The molecule has 0 amide bonds. The normalized spacial score (nSPS) is 12.5. The standard InChI is InChI=1S/C14H20BrNO3/c1-9(2)13(8-17)16-7-11-5-4-10(6-12(11)15)14(18)19-3/h4-6,9,13,16-17H,7-8H2,1-3H3. The maximum Gasteiger partial charge on any atom is 0.337 e. The quantitative estimate of drug-likeness (QED) is 0.786. The number of methoxy groups -OCH3 is 1. The second-order valence-corrected chi connectivity index (χ2v) is 5.57. The molecule has 1 rings (SSSR count). The molecule has 2 N–H and O–H groups in total. The average Bonchev–Trinajstić information content (AvgIpc) is 2.39. The van der Waals surface area contributed by atoms with Crippen molar-refractivity contribution in [2.45, 2.75) is 26.4 Å². The minimum atomic E-state index is -0.351. The zero-order valence-corrected chi connectivity index (χ0v) is 13.0. The third-order valence-corrected chi connectivity index (χ3v) is 3.77. The molecule has 0 fully saturated rings. The molecule has 0 aromatic heterocycles. The zero-order chi connectivity index (χ0) is 14.4. The van der Waals surface area contributed by atoms with Gasteiger partial charge in [-0.25, -0.2) is 4.79 Å². The van der Waals surface area contributed by atoms with Crippen molar-refractivity contribution >= 4 is 21.9 Å². The van der Waals surface area contributed by atoms with Gasteiger partial charge in [-0.05, 0) is 23.6 Å². The Morgan fingerprint density at radius 1 is 1.47 bits per heavy atom. The van der Waals surface area contributed by atoms with Gasteiger partial charge in [-0.1, -0.05) is 35.8 Å². The number of halogens is 1. The highest BCUT2D eigenvalue weighted by Gasteiger charge is 2.13. The lowest BCUT2D eigenvalue weighted by atomic mass is 10.0. The Labute approximate surface area is 122 Å². The van der Waals surface area contributed by atoms with Crippen LogP contribution in [0.1, 0.15) is 29.8 Å². The lowest BCUT2D eigenvalue weighted by Crippen LogP contribution is -2.36. The van der Waals surface area contributed by atoms with Gasteiger partial charge in [0.2, 0.25) is 0 Å². The average molecular weight is 330 g/mol. The molecule has 0 saturated heterocycles. The van der Waals surface area contributed by atoms with E-state index in [-0.39, 0.29) is 18.6 Å². The fourth-order valence-corrected chi connectivity index (χ4v) is 2.21. The van der Waals surface area contributed by atoms with Gasteiger partial charge >= 0.3 is 5.97 Å². The third-order valence-electron chi connectivity index (χ3n) is 3.03. The molecule has 0 aliphatic carbocycles. The maximum atomic E-state index is 11.4. The van der Waals surface area contributed by atoms with E-state index in [9.17, 15) is 9.90 Å². The van der Waals surface area contributed by atoms with Crippen LogP contribution in [0.25, 0.3) is 0 Å². The van der Waals surface area contributed by atoms with Crippen molar-refractivity contribution < 1.29 is 14.6 Å². The highest BCUT2D eigenvalue weighted by Crippen LogP contribution is 2.19. The lowest BCUT2D eigenvalue weighted by Gasteiger charge is -2.20. The number of esters is 1. The van der Waals surface area contributed by atoms with E-state index < -0.39 is 0 Å². The Morgan fingerprint density at radius 2 is 2.16 bits per heavy atom. The number of nitrogens with one attached hydrogen (secondary N) is 1. The fraction of sp³-hybridized carbons (Fsp3) is 0.500. The second kappa shape index (κ2) is 7.62. The van der Waals surface area contributed by atoms with Crippen molar-refractivity contribution in [3.05, 3.63) is 33.8 Å². The molecule has 1 atom stereocenters. The molecule has 0 aliphatic rings. The number of carbonyl (C=O) groups excluding carboxylic acids is 1. The number of aliphatic hydroxyl groups is 1. The zero-order valence-electron chi connectivity index (χ0n) is 11.4. The van der Waals surface area contributed by atoms with E-state index >= 15 is 0 Å². The van der Waals surface area contributed by atoms with Crippen LogP contribution in [-0.2, 0) is 11.3 Å². The SMILES string of the molecule is COC(=O)c1ccc(CNC(CO)C(C)C)c(Br)c1. The summed E-state index contributed by atoms with van der Waals surface area (Å²) in [7, 11) is 1.36. The summed E-state index contributed by atoms with van der Waals surface area (Å²) in [6, 6.07) is 5.41. The minimum Gasteiger partial charge on any atom is -0.465 e. The molecule has 1 aromatic carbocycles. The second-order valence-electron chi connectivity index (χ2n) is 4.71. The Kier molecular flexibility index (Phi) is 6.48. The van der Waals surface area contributed by atoms with Gasteiger partial charge in [0.25, 0.3) is 0 Å². The van der Waals surface area contributed by atoms with E-state index in [0.717, 1.165) is 10.0 Å². The Morgan fingerprint density at radius 3 is 2.63 bits per heavy atom. The summed E-state index contributed by atoms with van der Waals surface area (Å²) in [5, 5.41) is 12.5. The Hall–Kier alpha value is -0.910. The van der Waals surface area contributed by atoms with Crippen molar-refractivity contribution in [3.63, 3.8) is 0 Å². The first-order chi connectivity index (χ1) is 8.99. The van der Waals surface area contributed by atoms with Gasteiger partial charge in [0.15, 0.2) is 0 Å². The molecule has 4 nitrogen and oxygen atoms in total. The van der Waals surface area contributed by atoms with Gasteiger partial charge in [0.05, 0.1) is 19.3 Å². The van der Waals surface area contributed by atoms with Crippen molar-refractivity contribution in [3.8, 4) is 0 Å². The van der Waals surface area contributed by atoms with Crippen molar-refractivity contribution in [2.75, 3.05) is 13.7 Å². The summed E-state index contributed by atoms with van der Waals surface area (Å²) >= 11 is 3.44. The molecular formula is C14H20BrNO3. The molecule has 0 spiro atoms. The Balaban J connectivity index is 2.72. The number of benzene rings is 1. The molecule has 1 unspecified atom stereocenters. The predicted molar refractivity (Wildman–Crippen MR) is 78.0 cm³/mol. The van der Waals surface area contributed by atoms with Crippen LogP contribution in [-0.4, -0.2) is 30.8 Å². The summed E-state index contributed by atoms with van der Waals surface area (Å²) in [4.78, 5) is 11.4. The van der Waals surface area contributed by atoms with Gasteiger partial charge in [-0.2, -0.15) is 0 Å². The van der Waals surface area contributed by atoms with Gasteiger partial charge in [-0.15, -0.1) is 0 Å². The number of hydrogen-bond acceptors (Lipinski definition) is 4. The molecule has 5 heteroatoms. The highest BCUT2D eigenvalue weighted by molar-refractivity contribution is 9.10. The topological polar surface area (TPSA) is 58.6 Å². The largest absolute Gasteiger partial charge is 0.465 e. The van der Waals surface area contributed by atoms with E-state index in [2.05, 4.69) is 39.8 Å². The lowest BCUT2D eigenvalue weighted by molar-refractivity contribution is 0.0600. The number of rotatable bonds is 6. The molecule has 1 aromatic rings. The molecule has 0 aliphatic heterocycles. The van der Waals surface area contributed by atoms with Gasteiger partial charge in [-0.3, -0.25) is 0 Å². The highest BCUT2D eigenvalue weighted by atomic mass is 79.9. The molecule has 19 heavy (non-hydrogen) atoms. The fourth-order valence-electron chi connectivity index (χ4n) is 1.69. The first kappa shape index (κ1) is 16.1. The van der Waals surface area contributed by atoms with E-state index in [1.54, 1.807) is 12.1 Å². The van der Waals surface area contributed by atoms with E-state index in [0.29, 0.717) is 18.0 Å². The summed E-state index contributed by atoms with van der Waals surface area (Å²) in [6.07, 6.45) is 0. The van der Waals surface area contributed by atoms with Gasteiger partial charge < -0.3 is 15.2 Å². The Bertz CT molecular complexity index is 435. The van der Waals surface area contributed by atoms with Crippen LogP contribution in [0.3, 0.4) is 0 Å². The van der Waals surface area contributed by atoms with Crippen LogP contribution >= 0.6 is 15.9 Å². The maximum absolute atomic E-state index is 11.4. The van der Waals surface area contributed by atoms with Crippen molar-refractivity contribution in [1.82, 2.24) is 5.32 Å². The smallest absolute Gasteiger partial charge is 0.337 e. The molecule has 0 saturated carbocycles. The van der Waals surface area contributed by atoms with Crippen LogP contribution in [0.15, 0.2) is 22.7 Å². The van der Waals surface area contributed by atoms with E-state index in [4.69, 9.17) is 0 Å². The number of carbonyl (C=O) groups is 1. The van der Waals surface area contributed by atoms with Crippen LogP contribution < -0.4 is 5.32 Å². The summed E-state index contributed by atoms with van der Waals surface area (Å²) in [5.41, 5.74) is 1.55. The van der Waals surface area contributed by atoms with Crippen molar-refractivity contribution in [2.24, 2.45) is 5.92 Å². The minimum absolute atomic E-state index is 0.0622. The molecule has 0 bridgehead atoms. The first-order valence-electron chi connectivity index (χ1n) is 6.20. The van der Waals surface area contributed by atoms with Crippen molar-refractivity contribution in [1.29, 1.82) is 0 Å². The predicted octanol–water partition coefficient (Wildman–Crippen LogP) is 2.34. The number of aliphatic hydroxyl groups excluding tert-OH is 1. The summed E-state index contributed by atoms with van der Waals surface area (Å²) in [6.45, 7) is 4.85. The van der Waals surface area contributed by atoms with Gasteiger partial charge in [0, 0.05) is 17.1 Å². The third kappa shape index (κ3) is 4.60. The van der Waals surface area contributed by atoms with Gasteiger partial charge in [0.1, 0.15) is 0 Å². The first-order valence-corrected chi connectivity index (χ1v) is 6.99. The number of ether oxygens (including phenoxy) is 1. The molecule has 106 valence electrons. The molecule has 0 radical (unpaired) electrons. The molecular weight excluding hydrogens is 310 g/mol. The van der Waals surface area contributed by atoms with Crippen LogP contribution in [0.5, 0.6) is 0 Å². The van der Waals surface area contributed by atoms with Crippen LogP contribution in [0, 0.1) is 5.92 Å².